The van der Waals surface area contributed by atoms with E-state index in [4.69, 9.17) is 4.42 Å². The largest absolute Gasteiger partial charge is 0.456 e. The summed E-state index contributed by atoms with van der Waals surface area (Å²) >= 11 is 0. The summed E-state index contributed by atoms with van der Waals surface area (Å²) in [5, 5.41) is 0. The van der Waals surface area contributed by atoms with Gasteiger partial charge in [-0.2, -0.15) is 0 Å². The third-order valence-corrected chi connectivity index (χ3v) is 7.99. The summed E-state index contributed by atoms with van der Waals surface area (Å²) in [6.45, 7) is 11.7. The first-order valence-corrected chi connectivity index (χ1v) is 12.1. The van der Waals surface area contributed by atoms with Crippen LogP contribution < -0.4 is 0 Å². The van der Waals surface area contributed by atoms with Gasteiger partial charge in [0, 0.05) is 19.5 Å². The Kier molecular flexibility index (Phi) is 5.83. The van der Waals surface area contributed by atoms with Crippen molar-refractivity contribution in [1.29, 1.82) is 0 Å². The van der Waals surface area contributed by atoms with Gasteiger partial charge in [0.1, 0.15) is 5.76 Å². The molecular formula is C28H39NO2. The molecule has 1 heterocycles. The van der Waals surface area contributed by atoms with Gasteiger partial charge >= 0.3 is 0 Å². The zero-order valence-electron chi connectivity index (χ0n) is 20.3. The van der Waals surface area contributed by atoms with Crippen molar-refractivity contribution in [1.82, 2.24) is 4.90 Å². The van der Waals surface area contributed by atoms with E-state index in [0.29, 0.717) is 11.8 Å². The highest BCUT2D eigenvalue weighted by Crippen LogP contribution is 2.46. The average Bonchev–Trinajstić information content (AvgIpc) is 3.21. The molecule has 0 unspecified atom stereocenters. The van der Waals surface area contributed by atoms with Crippen LogP contribution in [0.15, 0.2) is 28.7 Å². The topological polar surface area (TPSA) is 33.5 Å². The van der Waals surface area contributed by atoms with Crippen molar-refractivity contribution in [3.8, 4) is 0 Å². The van der Waals surface area contributed by atoms with Crippen molar-refractivity contribution in [2.75, 3.05) is 7.05 Å². The number of carbonyl (C=O) groups is 1. The molecule has 168 valence electrons. The minimum absolute atomic E-state index is 0.0168. The third-order valence-electron chi connectivity index (χ3n) is 7.99. The fourth-order valence-corrected chi connectivity index (χ4v) is 5.54. The lowest BCUT2D eigenvalue weighted by atomic mass is 9.62. The fraction of sp³-hybridized carbons (Fsp3) is 0.607. The Morgan fingerprint density at radius 1 is 1.00 bits per heavy atom. The van der Waals surface area contributed by atoms with Crippen molar-refractivity contribution in [3.63, 3.8) is 0 Å². The molecule has 1 saturated carbocycles. The first kappa shape index (κ1) is 22.2. The minimum atomic E-state index is 0.0168. The average molecular weight is 422 g/mol. The normalized spacial score (nSPS) is 20.3. The number of hydrogen-bond donors (Lipinski definition) is 0. The van der Waals surface area contributed by atoms with E-state index in [-0.39, 0.29) is 16.7 Å². The molecule has 3 nitrogen and oxygen atoms in total. The first-order chi connectivity index (χ1) is 14.6. The van der Waals surface area contributed by atoms with Gasteiger partial charge in [0.15, 0.2) is 5.76 Å². The van der Waals surface area contributed by atoms with Crippen LogP contribution in [0.1, 0.15) is 111 Å². The number of fused-ring (bicyclic) bond motifs is 1. The van der Waals surface area contributed by atoms with Crippen molar-refractivity contribution in [2.24, 2.45) is 0 Å². The SMILES string of the molecule is Cc1cc2c(cc1Cc1ccc(C(=O)N(C)C3CCCCC3)o1)C(C)(C)CCC2(C)C. The summed E-state index contributed by atoms with van der Waals surface area (Å²) in [6, 6.07) is 9.00. The number of amides is 1. The van der Waals surface area contributed by atoms with E-state index in [1.807, 2.05) is 24.1 Å². The molecule has 1 fully saturated rings. The van der Waals surface area contributed by atoms with Gasteiger partial charge in [-0.15, -0.1) is 0 Å². The zero-order chi connectivity index (χ0) is 22.4. The molecule has 2 aliphatic carbocycles. The molecule has 0 aliphatic heterocycles. The van der Waals surface area contributed by atoms with Gasteiger partial charge in [-0.1, -0.05) is 59.1 Å². The molecule has 0 saturated heterocycles. The Balaban J connectivity index is 1.55. The van der Waals surface area contributed by atoms with Crippen LogP contribution in [-0.2, 0) is 17.3 Å². The van der Waals surface area contributed by atoms with Crippen LogP contribution in [0.2, 0.25) is 0 Å². The highest BCUT2D eigenvalue weighted by molar-refractivity contribution is 5.91. The molecule has 1 aromatic carbocycles. The summed E-state index contributed by atoms with van der Waals surface area (Å²) in [7, 11) is 1.93. The summed E-state index contributed by atoms with van der Waals surface area (Å²) in [6.07, 6.45) is 9.11. The number of hydrogen-bond acceptors (Lipinski definition) is 2. The first-order valence-electron chi connectivity index (χ1n) is 12.1. The number of rotatable bonds is 4. The maximum absolute atomic E-state index is 13.0. The standard InChI is InChI=1S/C28H39NO2/c1-19-16-23-24(28(4,5)15-14-27(23,2)3)18-20(19)17-22-12-13-25(31-22)26(30)29(6)21-10-8-7-9-11-21/h12-13,16,18,21H,7-11,14-15,17H2,1-6H3. The molecule has 2 aliphatic rings. The molecule has 0 radical (unpaired) electrons. The van der Waals surface area contributed by atoms with E-state index in [0.717, 1.165) is 25.0 Å². The second kappa shape index (κ2) is 8.15. The van der Waals surface area contributed by atoms with E-state index < -0.39 is 0 Å². The lowest BCUT2D eigenvalue weighted by molar-refractivity contribution is 0.0662. The summed E-state index contributed by atoms with van der Waals surface area (Å²) in [4.78, 5) is 14.9. The molecule has 0 bridgehead atoms. The summed E-state index contributed by atoms with van der Waals surface area (Å²) in [5.74, 6) is 1.36. The number of nitrogens with zero attached hydrogens (tertiary/aromatic N) is 1. The van der Waals surface area contributed by atoms with E-state index in [2.05, 4.69) is 46.8 Å². The summed E-state index contributed by atoms with van der Waals surface area (Å²) in [5.41, 5.74) is 6.01. The molecular weight excluding hydrogens is 382 g/mol. The van der Waals surface area contributed by atoms with Gasteiger partial charge in [-0.05, 0) is 77.8 Å². The Labute approximate surface area is 188 Å². The van der Waals surface area contributed by atoms with Crippen LogP contribution in [0.25, 0.3) is 0 Å². The van der Waals surface area contributed by atoms with Crippen molar-refractivity contribution >= 4 is 5.91 Å². The van der Waals surface area contributed by atoms with Crippen LogP contribution in [0, 0.1) is 6.92 Å². The molecule has 3 heteroatoms. The lowest BCUT2D eigenvalue weighted by Gasteiger charge is -2.42. The molecule has 0 atom stereocenters. The van der Waals surface area contributed by atoms with E-state index in [9.17, 15) is 4.79 Å². The van der Waals surface area contributed by atoms with Gasteiger partial charge in [-0.3, -0.25) is 4.79 Å². The van der Waals surface area contributed by atoms with Crippen LogP contribution in [0.4, 0.5) is 0 Å². The summed E-state index contributed by atoms with van der Waals surface area (Å²) < 4.78 is 6.06. The van der Waals surface area contributed by atoms with E-state index in [1.54, 1.807) is 0 Å². The molecule has 1 aromatic heterocycles. The van der Waals surface area contributed by atoms with Gasteiger partial charge in [0.2, 0.25) is 0 Å². The maximum atomic E-state index is 13.0. The highest BCUT2D eigenvalue weighted by atomic mass is 16.4. The second-order valence-electron chi connectivity index (χ2n) is 11.2. The number of carbonyl (C=O) groups excluding carboxylic acids is 1. The number of aryl methyl sites for hydroxylation is 1. The van der Waals surface area contributed by atoms with Crippen LogP contribution in [0.5, 0.6) is 0 Å². The van der Waals surface area contributed by atoms with Gasteiger partial charge in [-0.25, -0.2) is 0 Å². The predicted molar refractivity (Wildman–Crippen MR) is 127 cm³/mol. The number of furan rings is 1. The third kappa shape index (κ3) is 4.33. The molecule has 31 heavy (non-hydrogen) atoms. The molecule has 0 N–H and O–H groups in total. The van der Waals surface area contributed by atoms with Gasteiger partial charge in [0.05, 0.1) is 0 Å². The monoisotopic (exact) mass is 421 g/mol. The van der Waals surface area contributed by atoms with Crippen molar-refractivity contribution in [2.45, 2.75) is 103 Å². The van der Waals surface area contributed by atoms with E-state index >= 15 is 0 Å². The highest BCUT2D eigenvalue weighted by Gasteiger charge is 2.37. The predicted octanol–water partition coefficient (Wildman–Crippen LogP) is 6.93. The number of benzene rings is 1. The fourth-order valence-electron chi connectivity index (χ4n) is 5.54. The van der Waals surface area contributed by atoms with Crippen LogP contribution >= 0.6 is 0 Å². The van der Waals surface area contributed by atoms with Crippen LogP contribution in [0.3, 0.4) is 0 Å². The molecule has 1 amide bonds. The van der Waals surface area contributed by atoms with E-state index in [1.165, 1.54) is 54.4 Å². The van der Waals surface area contributed by atoms with Gasteiger partial charge in [0.25, 0.3) is 5.91 Å². The quantitative estimate of drug-likeness (QED) is 0.536. The second-order valence-corrected chi connectivity index (χ2v) is 11.2. The van der Waals surface area contributed by atoms with Crippen molar-refractivity contribution in [3.05, 3.63) is 58.0 Å². The lowest BCUT2D eigenvalue weighted by Crippen LogP contribution is -2.38. The Morgan fingerprint density at radius 3 is 2.26 bits per heavy atom. The minimum Gasteiger partial charge on any atom is -0.456 e. The van der Waals surface area contributed by atoms with Gasteiger partial charge < -0.3 is 9.32 Å². The van der Waals surface area contributed by atoms with Crippen molar-refractivity contribution < 1.29 is 9.21 Å². The Bertz CT molecular complexity index is 959. The molecule has 2 aromatic rings. The maximum Gasteiger partial charge on any atom is 0.289 e. The van der Waals surface area contributed by atoms with Crippen LogP contribution in [-0.4, -0.2) is 23.9 Å². The Hall–Kier alpha value is -2.03. The zero-order valence-corrected chi connectivity index (χ0v) is 20.3. The Morgan fingerprint density at radius 2 is 1.61 bits per heavy atom. The molecule has 0 spiro atoms. The smallest absolute Gasteiger partial charge is 0.289 e. The molecule has 4 rings (SSSR count).